The van der Waals surface area contributed by atoms with Gasteiger partial charge in [-0.3, -0.25) is 14.4 Å². The molecule has 3 aromatic carbocycles. The van der Waals surface area contributed by atoms with Gasteiger partial charge < -0.3 is 20.0 Å². The molecule has 5 rings (SSSR count). The quantitative estimate of drug-likeness (QED) is 0.501. The number of nitrogens with one attached hydrogen (secondary N) is 1. The van der Waals surface area contributed by atoms with Crippen molar-refractivity contribution < 1.29 is 14.4 Å². The fraction of sp³-hybridized carbons (Fsp3) is 0.344. The molecule has 7 heteroatoms. The molecule has 0 atom stereocenters. The summed E-state index contributed by atoms with van der Waals surface area (Å²) in [5, 5.41) is 2.97. The molecular weight excluding hydrogens is 488 g/mol. The molecule has 1 N–H and O–H groups in total. The molecule has 2 aliphatic heterocycles. The van der Waals surface area contributed by atoms with Gasteiger partial charge in [-0.15, -0.1) is 0 Å². The maximum atomic E-state index is 13.7. The van der Waals surface area contributed by atoms with Crippen molar-refractivity contribution in [3.8, 4) is 0 Å². The molecule has 0 spiro atoms. The largest absolute Gasteiger partial charge is 0.367 e. The number of carbonyl (C=O) groups is 3. The summed E-state index contributed by atoms with van der Waals surface area (Å²) in [4.78, 5) is 45.6. The number of rotatable bonds is 5. The zero-order chi connectivity index (χ0) is 27.4. The third kappa shape index (κ3) is 6.14. The van der Waals surface area contributed by atoms with E-state index in [0.29, 0.717) is 48.6 Å². The molecule has 0 unspecified atom stereocenters. The summed E-state index contributed by atoms with van der Waals surface area (Å²) < 4.78 is 0. The van der Waals surface area contributed by atoms with Gasteiger partial charge in [0, 0.05) is 61.8 Å². The topological polar surface area (TPSA) is 73.0 Å². The standard InChI is InChI=1S/C32H36N4O3/c1-23-6-10-25(11-7-23)30(37)33-27-14-15-29(28(22-27)32(39)35-16-4-3-5-17-35)34-18-20-36(21-19-34)31(38)26-12-8-24(2)9-13-26/h6-15,22H,3-5,16-21H2,1-2H3,(H,33,37). The van der Waals surface area contributed by atoms with Crippen LogP contribution in [0.25, 0.3) is 0 Å². The van der Waals surface area contributed by atoms with Crippen molar-refractivity contribution in [1.29, 1.82) is 0 Å². The average Bonchev–Trinajstić information content (AvgIpc) is 2.97. The van der Waals surface area contributed by atoms with E-state index in [0.717, 1.165) is 49.2 Å². The minimum atomic E-state index is -0.206. The smallest absolute Gasteiger partial charge is 0.256 e. The first kappa shape index (κ1) is 26.5. The van der Waals surface area contributed by atoms with Gasteiger partial charge in [-0.2, -0.15) is 0 Å². The van der Waals surface area contributed by atoms with E-state index in [4.69, 9.17) is 0 Å². The van der Waals surface area contributed by atoms with Gasteiger partial charge in [0.05, 0.1) is 5.56 Å². The number of benzene rings is 3. The van der Waals surface area contributed by atoms with Crippen molar-refractivity contribution in [2.75, 3.05) is 49.5 Å². The molecule has 0 bridgehead atoms. The zero-order valence-electron chi connectivity index (χ0n) is 22.8. The lowest BCUT2D eigenvalue weighted by molar-refractivity contribution is 0.0718. The van der Waals surface area contributed by atoms with Crippen LogP contribution in [0, 0.1) is 13.8 Å². The fourth-order valence-corrected chi connectivity index (χ4v) is 5.27. The molecule has 0 aliphatic carbocycles. The van der Waals surface area contributed by atoms with Crippen molar-refractivity contribution in [2.45, 2.75) is 33.1 Å². The summed E-state index contributed by atoms with van der Waals surface area (Å²) in [5.74, 6) is -0.176. The lowest BCUT2D eigenvalue weighted by atomic mass is 10.0. The monoisotopic (exact) mass is 524 g/mol. The van der Waals surface area contributed by atoms with E-state index < -0.39 is 0 Å². The second-order valence-corrected chi connectivity index (χ2v) is 10.6. The highest BCUT2D eigenvalue weighted by atomic mass is 16.2. The molecule has 2 aliphatic rings. The Bertz CT molecular complexity index is 1340. The Morgan fingerprint density at radius 1 is 0.615 bits per heavy atom. The molecule has 3 aromatic rings. The van der Waals surface area contributed by atoms with E-state index in [-0.39, 0.29) is 17.7 Å². The predicted octanol–water partition coefficient (Wildman–Crippen LogP) is 5.14. The van der Waals surface area contributed by atoms with E-state index in [1.165, 1.54) is 0 Å². The number of amides is 3. The number of piperazine rings is 1. The second kappa shape index (κ2) is 11.7. The number of hydrogen-bond donors (Lipinski definition) is 1. The highest BCUT2D eigenvalue weighted by molar-refractivity contribution is 6.06. The zero-order valence-corrected chi connectivity index (χ0v) is 22.8. The maximum absolute atomic E-state index is 13.7. The molecule has 2 heterocycles. The first-order valence-corrected chi connectivity index (χ1v) is 13.8. The number of piperidine rings is 1. The SMILES string of the molecule is Cc1ccc(C(=O)Nc2ccc(N3CCN(C(=O)c4ccc(C)cc4)CC3)c(C(=O)N3CCCCC3)c2)cc1. The van der Waals surface area contributed by atoms with Crippen LogP contribution in [0.1, 0.15) is 61.5 Å². The Balaban J connectivity index is 1.35. The van der Waals surface area contributed by atoms with Crippen LogP contribution in [0.4, 0.5) is 11.4 Å². The Hall–Kier alpha value is -4.13. The van der Waals surface area contributed by atoms with Crippen LogP contribution in [0.2, 0.25) is 0 Å². The normalized spacial score (nSPS) is 15.7. The van der Waals surface area contributed by atoms with Gasteiger partial charge in [-0.25, -0.2) is 0 Å². The van der Waals surface area contributed by atoms with Crippen LogP contribution in [-0.4, -0.2) is 66.8 Å². The van der Waals surface area contributed by atoms with Crippen molar-refractivity contribution in [3.63, 3.8) is 0 Å². The summed E-state index contributed by atoms with van der Waals surface area (Å²) in [5.41, 5.74) is 5.52. The van der Waals surface area contributed by atoms with Crippen LogP contribution < -0.4 is 10.2 Å². The fourth-order valence-electron chi connectivity index (χ4n) is 5.27. The summed E-state index contributed by atoms with van der Waals surface area (Å²) in [6, 6.07) is 20.7. The molecule has 0 aromatic heterocycles. The molecule has 202 valence electrons. The Morgan fingerprint density at radius 3 is 1.79 bits per heavy atom. The third-order valence-corrected chi connectivity index (χ3v) is 7.65. The predicted molar refractivity (Wildman–Crippen MR) is 155 cm³/mol. The molecule has 0 saturated carbocycles. The number of anilines is 2. The minimum absolute atomic E-state index is 0.00528. The van der Waals surface area contributed by atoms with Gasteiger partial charge in [0.15, 0.2) is 0 Å². The second-order valence-electron chi connectivity index (χ2n) is 10.6. The van der Waals surface area contributed by atoms with E-state index in [1.54, 1.807) is 12.1 Å². The van der Waals surface area contributed by atoms with E-state index >= 15 is 0 Å². The van der Waals surface area contributed by atoms with Gasteiger partial charge in [0.1, 0.15) is 0 Å². The van der Waals surface area contributed by atoms with Crippen molar-refractivity contribution in [3.05, 3.63) is 94.5 Å². The van der Waals surface area contributed by atoms with E-state index in [1.807, 2.05) is 78.2 Å². The molecule has 2 fully saturated rings. The molecule has 3 amide bonds. The van der Waals surface area contributed by atoms with E-state index in [9.17, 15) is 14.4 Å². The average molecular weight is 525 g/mol. The minimum Gasteiger partial charge on any atom is -0.367 e. The summed E-state index contributed by atoms with van der Waals surface area (Å²) >= 11 is 0. The number of nitrogens with zero attached hydrogens (tertiary/aromatic N) is 3. The summed E-state index contributed by atoms with van der Waals surface area (Å²) in [7, 11) is 0. The third-order valence-electron chi connectivity index (χ3n) is 7.65. The molecule has 0 radical (unpaired) electrons. The molecule has 7 nitrogen and oxygen atoms in total. The lowest BCUT2D eigenvalue weighted by Crippen LogP contribution is -2.49. The molecule has 39 heavy (non-hydrogen) atoms. The first-order valence-electron chi connectivity index (χ1n) is 13.8. The Labute approximate surface area is 230 Å². The number of aryl methyl sites for hydroxylation is 2. The van der Waals surface area contributed by atoms with Crippen molar-refractivity contribution in [1.82, 2.24) is 9.80 Å². The van der Waals surface area contributed by atoms with Crippen LogP contribution in [0.3, 0.4) is 0 Å². The number of likely N-dealkylation sites (tertiary alicyclic amines) is 1. The van der Waals surface area contributed by atoms with Crippen LogP contribution in [-0.2, 0) is 0 Å². The summed E-state index contributed by atoms with van der Waals surface area (Å²) in [6.45, 7) is 7.91. The van der Waals surface area contributed by atoms with Crippen LogP contribution >= 0.6 is 0 Å². The molecular formula is C32H36N4O3. The van der Waals surface area contributed by atoms with Crippen LogP contribution in [0.5, 0.6) is 0 Å². The maximum Gasteiger partial charge on any atom is 0.256 e. The van der Waals surface area contributed by atoms with Gasteiger partial charge in [-0.1, -0.05) is 35.4 Å². The van der Waals surface area contributed by atoms with Crippen molar-refractivity contribution in [2.24, 2.45) is 0 Å². The van der Waals surface area contributed by atoms with Gasteiger partial charge >= 0.3 is 0 Å². The molecule has 2 saturated heterocycles. The lowest BCUT2D eigenvalue weighted by Gasteiger charge is -2.37. The first-order chi connectivity index (χ1) is 18.9. The summed E-state index contributed by atoms with van der Waals surface area (Å²) in [6.07, 6.45) is 3.15. The van der Waals surface area contributed by atoms with E-state index in [2.05, 4.69) is 10.2 Å². The highest BCUT2D eigenvalue weighted by Crippen LogP contribution is 2.28. The van der Waals surface area contributed by atoms with Gasteiger partial charge in [0.2, 0.25) is 0 Å². The van der Waals surface area contributed by atoms with Gasteiger partial charge in [0.25, 0.3) is 17.7 Å². The Morgan fingerprint density at radius 2 is 1.18 bits per heavy atom. The number of hydrogen-bond acceptors (Lipinski definition) is 4. The van der Waals surface area contributed by atoms with Crippen LogP contribution in [0.15, 0.2) is 66.7 Å². The van der Waals surface area contributed by atoms with Gasteiger partial charge in [-0.05, 0) is 75.6 Å². The van der Waals surface area contributed by atoms with Crippen molar-refractivity contribution >= 4 is 29.1 Å². The number of carbonyl (C=O) groups excluding carboxylic acids is 3. The Kier molecular flexibility index (Phi) is 7.96. The highest BCUT2D eigenvalue weighted by Gasteiger charge is 2.27.